The normalized spacial score (nSPS) is 11.9. The van der Waals surface area contributed by atoms with Crippen molar-refractivity contribution in [2.24, 2.45) is 0 Å². The summed E-state index contributed by atoms with van der Waals surface area (Å²) in [7, 11) is 0. The fourth-order valence-electron chi connectivity index (χ4n) is 2.19. The fourth-order valence-corrected chi connectivity index (χ4v) is 2.31. The number of fused-ring (bicyclic) bond motifs is 1. The Hall–Kier alpha value is -2.60. The summed E-state index contributed by atoms with van der Waals surface area (Å²) in [4.78, 5) is 11.9. The van der Waals surface area contributed by atoms with Crippen LogP contribution in [0.4, 0.5) is 10.5 Å². The van der Waals surface area contributed by atoms with Gasteiger partial charge in [0.25, 0.3) is 0 Å². The van der Waals surface area contributed by atoms with Crippen LogP contribution >= 0.6 is 11.6 Å². The first kappa shape index (κ1) is 16.3. The van der Waals surface area contributed by atoms with Crippen molar-refractivity contribution in [3.63, 3.8) is 0 Å². The number of hydrogen-bond acceptors (Lipinski definition) is 4. The van der Waals surface area contributed by atoms with Crippen LogP contribution in [-0.2, 0) is 0 Å². The van der Waals surface area contributed by atoms with Gasteiger partial charge in [0, 0.05) is 16.8 Å². The van der Waals surface area contributed by atoms with Crippen molar-refractivity contribution in [1.82, 2.24) is 5.32 Å². The van der Waals surface area contributed by atoms with E-state index in [0.29, 0.717) is 35.4 Å². The Morgan fingerprint density at radius 3 is 2.88 bits per heavy atom. The molecule has 126 valence electrons. The Kier molecular flexibility index (Phi) is 4.96. The van der Waals surface area contributed by atoms with Gasteiger partial charge in [0.15, 0.2) is 11.5 Å². The van der Waals surface area contributed by atoms with Crippen molar-refractivity contribution < 1.29 is 19.0 Å². The SMILES string of the molecule is Cc1cc(OCCNC(=O)Nc2ccc3c(c2)OCO3)ccc1Cl. The molecule has 0 atom stereocenters. The van der Waals surface area contributed by atoms with Crippen LogP contribution in [0.3, 0.4) is 0 Å². The Labute approximate surface area is 144 Å². The average molecular weight is 349 g/mol. The Balaban J connectivity index is 1.42. The second-order valence-electron chi connectivity index (χ2n) is 5.21. The van der Waals surface area contributed by atoms with E-state index < -0.39 is 0 Å². The zero-order valence-electron chi connectivity index (χ0n) is 13.1. The van der Waals surface area contributed by atoms with E-state index in [1.807, 2.05) is 13.0 Å². The molecule has 2 aromatic rings. The summed E-state index contributed by atoms with van der Waals surface area (Å²) in [6.45, 7) is 2.84. The number of urea groups is 1. The van der Waals surface area contributed by atoms with Crippen LogP contribution in [0.15, 0.2) is 36.4 Å². The maximum Gasteiger partial charge on any atom is 0.319 e. The quantitative estimate of drug-likeness (QED) is 0.810. The van der Waals surface area contributed by atoms with Gasteiger partial charge in [-0.25, -0.2) is 4.79 Å². The van der Waals surface area contributed by atoms with E-state index in [2.05, 4.69) is 10.6 Å². The average Bonchev–Trinajstić information content (AvgIpc) is 3.02. The topological polar surface area (TPSA) is 68.8 Å². The molecule has 0 radical (unpaired) electrons. The molecule has 0 aromatic heterocycles. The lowest BCUT2D eigenvalue weighted by molar-refractivity contribution is 0.174. The van der Waals surface area contributed by atoms with E-state index >= 15 is 0 Å². The summed E-state index contributed by atoms with van der Waals surface area (Å²) in [6, 6.07) is 10.3. The first-order valence-electron chi connectivity index (χ1n) is 7.45. The summed E-state index contributed by atoms with van der Waals surface area (Å²) in [6.07, 6.45) is 0. The van der Waals surface area contributed by atoms with E-state index in [1.165, 1.54) is 0 Å². The van der Waals surface area contributed by atoms with Crippen LogP contribution in [0.25, 0.3) is 0 Å². The minimum Gasteiger partial charge on any atom is -0.492 e. The van der Waals surface area contributed by atoms with Gasteiger partial charge in [-0.1, -0.05) is 11.6 Å². The molecule has 2 N–H and O–H groups in total. The highest BCUT2D eigenvalue weighted by molar-refractivity contribution is 6.31. The van der Waals surface area contributed by atoms with E-state index in [9.17, 15) is 4.79 Å². The molecule has 7 heteroatoms. The molecule has 3 rings (SSSR count). The number of carbonyl (C=O) groups excluding carboxylic acids is 1. The van der Waals surface area contributed by atoms with Gasteiger partial charge in [-0.05, 0) is 42.8 Å². The first-order valence-corrected chi connectivity index (χ1v) is 7.83. The van der Waals surface area contributed by atoms with E-state index in [4.69, 9.17) is 25.8 Å². The summed E-state index contributed by atoms with van der Waals surface area (Å²) in [5, 5.41) is 6.15. The van der Waals surface area contributed by atoms with Gasteiger partial charge in [-0.15, -0.1) is 0 Å². The van der Waals surface area contributed by atoms with Crippen molar-refractivity contribution in [1.29, 1.82) is 0 Å². The van der Waals surface area contributed by atoms with Gasteiger partial charge < -0.3 is 24.8 Å². The van der Waals surface area contributed by atoms with E-state index in [1.54, 1.807) is 30.3 Å². The lowest BCUT2D eigenvalue weighted by Gasteiger charge is -2.10. The number of carbonyl (C=O) groups is 1. The van der Waals surface area contributed by atoms with Crippen molar-refractivity contribution >= 4 is 23.3 Å². The Morgan fingerprint density at radius 1 is 1.21 bits per heavy atom. The molecule has 1 heterocycles. The molecule has 0 fully saturated rings. The molecule has 0 saturated heterocycles. The summed E-state index contributed by atoms with van der Waals surface area (Å²) in [5.74, 6) is 2.01. The number of ether oxygens (including phenoxy) is 3. The predicted octanol–water partition coefficient (Wildman–Crippen LogP) is 3.58. The summed E-state index contributed by atoms with van der Waals surface area (Å²) >= 11 is 5.96. The zero-order valence-corrected chi connectivity index (χ0v) is 13.9. The van der Waals surface area contributed by atoms with Gasteiger partial charge in [0.05, 0.1) is 6.54 Å². The molecule has 24 heavy (non-hydrogen) atoms. The third-order valence-corrected chi connectivity index (χ3v) is 3.84. The molecular weight excluding hydrogens is 332 g/mol. The highest BCUT2D eigenvalue weighted by Crippen LogP contribution is 2.34. The van der Waals surface area contributed by atoms with Crippen molar-refractivity contribution in [3.05, 3.63) is 47.0 Å². The van der Waals surface area contributed by atoms with Gasteiger partial charge in [0.1, 0.15) is 12.4 Å². The third kappa shape index (κ3) is 4.02. The molecule has 1 aliphatic rings. The van der Waals surface area contributed by atoms with Crippen molar-refractivity contribution in [3.8, 4) is 17.2 Å². The van der Waals surface area contributed by atoms with Crippen LogP contribution in [0, 0.1) is 6.92 Å². The van der Waals surface area contributed by atoms with Crippen molar-refractivity contribution in [2.75, 3.05) is 25.3 Å². The molecule has 2 amide bonds. The molecular formula is C17H17ClN2O4. The molecule has 1 aliphatic heterocycles. The van der Waals surface area contributed by atoms with Crippen LogP contribution < -0.4 is 24.8 Å². The minimum atomic E-state index is -0.315. The lowest BCUT2D eigenvalue weighted by Crippen LogP contribution is -2.32. The maximum absolute atomic E-state index is 11.9. The zero-order chi connectivity index (χ0) is 16.9. The number of rotatable bonds is 5. The van der Waals surface area contributed by atoms with Gasteiger partial charge in [-0.3, -0.25) is 0 Å². The van der Waals surface area contributed by atoms with Crippen LogP contribution in [0.2, 0.25) is 5.02 Å². The number of hydrogen-bond donors (Lipinski definition) is 2. The van der Waals surface area contributed by atoms with E-state index in [-0.39, 0.29) is 12.8 Å². The number of amides is 2. The number of anilines is 1. The summed E-state index contributed by atoms with van der Waals surface area (Å²) in [5.41, 5.74) is 1.58. The number of halogens is 1. The number of nitrogens with one attached hydrogen (secondary N) is 2. The fraction of sp³-hybridized carbons (Fsp3) is 0.235. The molecule has 0 spiro atoms. The minimum absolute atomic E-state index is 0.201. The second-order valence-corrected chi connectivity index (χ2v) is 5.62. The van der Waals surface area contributed by atoms with Crippen LogP contribution in [-0.4, -0.2) is 26.0 Å². The predicted molar refractivity (Wildman–Crippen MR) is 91.3 cm³/mol. The van der Waals surface area contributed by atoms with E-state index in [0.717, 1.165) is 11.3 Å². The monoisotopic (exact) mass is 348 g/mol. The maximum atomic E-state index is 11.9. The van der Waals surface area contributed by atoms with Gasteiger partial charge in [0.2, 0.25) is 6.79 Å². The molecule has 6 nitrogen and oxygen atoms in total. The Morgan fingerprint density at radius 2 is 2.04 bits per heavy atom. The first-order chi connectivity index (χ1) is 11.6. The highest BCUT2D eigenvalue weighted by Gasteiger charge is 2.13. The van der Waals surface area contributed by atoms with Crippen LogP contribution in [0.1, 0.15) is 5.56 Å². The van der Waals surface area contributed by atoms with Gasteiger partial charge >= 0.3 is 6.03 Å². The standard InChI is InChI=1S/C17H17ClN2O4/c1-11-8-13(3-4-14(11)18)22-7-6-19-17(21)20-12-2-5-15-16(9-12)24-10-23-15/h2-5,8-9H,6-7,10H2,1H3,(H2,19,20,21). The lowest BCUT2D eigenvalue weighted by atomic mass is 10.2. The molecule has 0 aliphatic carbocycles. The molecule has 0 saturated carbocycles. The molecule has 0 bridgehead atoms. The molecule has 2 aromatic carbocycles. The van der Waals surface area contributed by atoms with Crippen molar-refractivity contribution in [2.45, 2.75) is 6.92 Å². The second kappa shape index (κ2) is 7.31. The summed E-state index contributed by atoms with van der Waals surface area (Å²) < 4.78 is 16.0. The van der Waals surface area contributed by atoms with Gasteiger partial charge in [-0.2, -0.15) is 0 Å². The smallest absolute Gasteiger partial charge is 0.319 e. The Bertz CT molecular complexity index is 751. The molecule has 0 unspecified atom stereocenters. The van der Waals surface area contributed by atoms with Crippen LogP contribution in [0.5, 0.6) is 17.2 Å². The number of aryl methyl sites for hydroxylation is 1. The third-order valence-electron chi connectivity index (χ3n) is 3.42. The highest BCUT2D eigenvalue weighted by atomic mass is 35.5. The number of benzene rings is 2. The largest absolute Gasteiger partial charge is 0.492 e.